The number of hydrogen-bond donors (Lipinski definition) is 0. The molecule has 9 heteroatoms. The molecule has 0 fully saturated rings. The Balaban J connectivity index is 1.90. The Labute approximate surface area is 152 Å². The number of fused-ring (bicyclic) bond motifs is 1. The van der Waals surface area contributed by atoms with Gasteiger partial charge in [-0.15, -0.1) is 0 Å². The molecule has 2 heterocycles. The number of benzene rings is 1. The van der Waals surface area contributed by atoms with Gasteiger partial charge in [0.05, 0.1) is 10.6 Å². The zero-order valence-corrected chi connectivity index (χ0v) is 15.8. The minimum Gasteiger partial charge on any atom is -0.343 e. The quantitative estimate of drug-likeness (QED) is 0.804. The summed E-state index contributed by atoms with van der Waals surface area (Å²) in [6, 6.07) is 4.81. The van der Waals surface area contributed by atoms with Gasteiger partial charge in [-0.1, -0.05) is 0 Å². The van der Waals surface area contributed by atoms with Crippen molar-refractivity contribution in [2.45, 2.75) is 24.8 Å². The Hall–Kier alpha value is -2.26. The van der Waals surface area contributed by atoms with Gasteiger partial charge in [0.25, 0.3) is 5.91 Å². The third kappa shape index (κ3) is 3.24. The first kappa shape index (κ1) is 18.5. The van der Waals surface area contributed by atoms with E-state index in [-0.39, 0.29) is 23.9 Å². The lowest BCUT2D eigenvalue weighted by atomic mass is 10.2. The van der Waals surface area contributed by atoms with Gasteiger partial charge in [0.1, 0.15) is 17.3 Å². The number of aryl methyl sites for hydroxylation is 1. The highest BCUT2D eigenvalue weighted by Crippen LogP contribution is 2.22. The normalized spacial score (nSPS) is 15.4. The number of halogens is 1. The SMILES string of the molecule is Cc1nc(C(=O)N(C)C)c2n1CCN(S(=O)(=O)c1ccc(F)cc1)CC2. The monoisotopic (exact) mass is 380 g/mol. The van der Waals surface area contributed by atoms with Crippen molar-refractivity contribution in [3.63, 3.8) is 0 Å². The van der Waals surface area contributed by atoms with Crippen molar-refractivity contribution in [1.29, 1.82) is 0 Å². The second kappa shape index (κ2) is 6.81. The van der Waals surface area contributed by atoms with Crippen molar-refractivity contribution in [1.82, 2.24) is 18.8 Å². The van der Waals surface area contributed by atoms with E-state index in [1.54, 1.807) is 21.0 Å². The van der Waals surface area contributed by atoms with E-state index in [0.29, 0.717) is 24.5 Å². The standard InChI is InChI=1S/C17H21FN4O3S/c1-12-19-16(17(23)20(2)3)15-8-9-21(10-11-22(12)15)26(24,25)14-6-4-13(18)5-7-14/h4-7H,8-11H2,1-3H3. The van der Waals surface area contributed by atoms with Gasteiger partial charge < -0.3 is 9.47 Å². The number of amides is 1. The zero-order valence-electron chi connectivity index (χ0n) is 14.9. The summed E-state index contributed by atoms with van der Waals surface area (Å²) in [6.45, 7) is 2.72. The molecule has 0 radical (unpaired) electrons. The average Bonchev–Trinajstić information content (AvgIpc) is 2.77. The molecule has 0 unspecified atom stereocenters. The third-order valence-corrected chi connectivity index (χ3v) is 6.41. The minimum atomic E-state index is -3.72. The molecule has 1 aliphatic rings. The summed E-state index contributed by atoms with van der Waals surface area (Å²) in [7, 11) is -0.406. The van der Waals surface area contributed by atoms with Crippen molar-refractivity contribution < 1.29 is 17.6 Å². The van der Waals surface area contributed by atoms with Gasteiger partial charge in [-0.05, 0) is 31.2 Å². The first-order valence-electron chi connectivity index (χ1n) is 8.25. The predicted molar refractivity (Wildman–Crippen MR) is 93.8 cm³/mol. The number of sulfonamides is 1. The smallest absolute Gasteiger partial charge is 0.273 e. The lowest BCUT2D eigenvalue weighted by Gasteiger charge is -2.20. The molecule has 1 amide bonds. The number of carbonyl (C=O) groups excluding carboxylic acids is 1. The highest BCUT2D eigenvalue weighted by Gasteiger charge is 2.30. The summed E-state index contributed by atoms with van der Waals surface area (Å²) < 4.78 is 42.0. The highest BCUT2D eigenvalue weighted by atomic mass is 32.2. The van der Waals surface area contributed by atoms with Crippen molar-refractivity contribution in [2.75, 3.05) is 27.2 Å². The molecule has 7 nitrogen and oxygen atoms in total. The Morgan fingerprint density at radius 2 is 1.81 bits per heavy atom. The van der Waals surface area contributed by atoms with Crippen LogP contribution in [-0.4, -0.2) is 60.3 Å². The summed E-state index contributed by atoms with van der Waals surface area (Å²) in [5, 5.41) is 0. The van der Waals surface area contributed by atoms with Gasteiger partial charge in [0.15, 0.2) is 0 Å². The molecular formula is C17H21FN4O3S. The Kier molecular flexibility index (Phi) is 4.85. The van der Waals surface area contributed by atoms with Crippen molar-refractivity contribution in [2.24, 2.45) is 0 Å². The van der Waals surface area contributed by atoms with Crippen LogP contribution in [0.5, 0.6) is 0 Å². The predicted octanol–water partition coefficient (Wildman–Crippen LogP) is 1.28. The molecule has 0 aliphatic carbocycles. The maximum absolute atomic E-state index is 13.1. The number of rotatable bonds is 3. The van der Waals surface area contributed by atoms with Gasteiger partial charge >= 0.3 is 0 Å². The van der Waals surface area contributed by atoms with E-state index in [2.05, 4.69) is 4.98 Å². The van der Waals surface area contributed by atoms with Gasteiger partial charge in [-0.2, -0.15) is 4.31 Å². The van der Waals surface area contributed by atoms with Crippen LogP contribution < -0.4 is 0 Å². The molecule has 0 saturated heterocycles. The summed E-state index contributed by atoms with van der Waals surface area (Å²) in [4.78, 5) is 18.2. The number of hydrogen-bond acceptors (Lipinski definition) is 4. The Bertz CT molecular complexity index is 936. The summed E-state index contributed by atoms with van der Waals surface area (Å²) in [6.07, 6.45) is 0.385. The highest BCUT2D eigenvalue weighted by molar-refractivity contribution is 7.89. The molecule has 26 heavy (non-hydrogen) atoms. The van der Waals surface area contributed by atoms with Crippen molar-refractivity contribution in [3.05, 3.63) is 47.3 Å². The van der Waals surface area contributed by atoms with E-state index >= 15 is 0 Å². The van der Waals surface area contributed by atoms with Crippen LogP contribution in [0.15, 0.2) is 29.2 Å². The van der Waals surface area contributed by atoms with Crippen molar-refractivity contribution in [3.8, 4) is 0 Å². The molecule has 1 aromatic heterocycles. The number of carbonyl (C=O) groups is 1. The molecule has 140 valence electrons. The molecule has 2 aromatic rings. The zero-order chi connectivity index (χ0) is 19.1. The lowest BCUT2D eigenvalue weighted by molar-refractivity contribution is 0.0821. The van der Waals surface area contributed by atoms with E-state index in [0.717, 1.165) is 17.8 Å². The summed E-state index contributed by atoms with van der Waals surface area (Å²) in [5.74, 6) is 0.00668. The molecule has 0 bridgehead atoms. The molecule has 1 aliphatic heterocycles. The molecular weight excluding hydrogens is 359 g/mol. The van der Waals surface area contributed by atoms with Crippen LogP contribution in [0.25, 0.3) is 0 Å². The maximum Gasteiger partial charge on any atom is 0.273 e. The van der Waals surface area contributed by atoms with Gasteiger partial charge in [-0.3, -0.25) is 4.79 Å². The minimum absolute atomic E-state index is 0.0601. The van der Waals surface area contributed by atoms with E-state index in [9.17, 15) is 17.6 Å². The molecule has 1 aromatic carbocycles. The van der Waals surface area contributed by atoms with Gasteiger partial charge in [-0.25, -0.2) is 17.8 Å². The van der Waals surface area contributed by atoms with Crippen LogP contribution in [-0.2, 0) is 23.0 Å². The topological polar surface area (TPSA) is 75.5 Å². The first-order chi connectivity index (χ1) is 12.2. The second-order valence-electron chi connectivity index (χ2n) is 6.41. The van der Waals surface area contributed by atoms with Crippen LogP contribution in [0.3, 0.4) is 0 Å². The fourth-order valence-corrected chi connectivity index (χ4v) is 4.52. The summed E-state index contributed by atoms with van der Waals surface area (Å²) >= 11 is 0. The van der Waals surface area contributed by atoms with Gasteiger partial charge in [0, 0.05) is 40.2 Å². The molecule has 0 N–H and O–H groups in total. The molecule has 0 atom stereocenters. The largest absolute Gasteiger partial charge is 0.343 e. The van der Waals surface area contributed by atoms with Crippen LogP contribution in [0.2, 0.25) is 0 Å². The second-order valence-corrected chi connectivity index (χ2v) is 8.35. The van der Waals surface area contributed by atoms with Crippen molar-refractivity contribution >= 4 is 15.9 Å². The van der Waals surface area contributed by atoms with E-state index in [4.69, 9.17) is 0 Å². The fraction of sp³-hybridized carbons (Fsp3) is 0.412. The average molecular weight is 380 g/mol. The lowest BCUT2D eigenvalue weighted by Crippen LogP contribution is -2.34. The first-order valence-corrected chi connectivity index (χ1v) is 9.69. The Morgan fingerprint density at radius 1 is 1.15 bits per heavy atom. The number of imidazole rings is 1. The molecule has 3 rings (SSSR count). The maximum atomic E-state index is 13.1. The van der Waals surface area contributed by atoms with Crippen LogP contribution in [0.4, 0.5) is 4.39 Å². The summed E-state index contributed by atoms with van der Waals surface area (Å²) in [5.41, 5.74) is 1.12. The van der Waals surface area contributed by atoms with E-state index in [1.165, 1.54) is 21.3 Å². The third-order valence-electron chi connectivity index (χ3n) is 4.49. The van der Waals surface area contributed by atoms with Gasteiger partial charge in [0.2, 0.25) is 10.0 Å². The number of nitrogens with zero attached hydrogens (tertiary/aromatic N) is 4. The molecule has 0 spiro atoms. The fourth-order valence-electron chi connectivity index (χ4n) is 3.09. The van der Waals surface area contributed by atoms with Crippen LogP contribution in [0.1, 0.15) is 22.0 Å². The van der Waals surface area contributed by atoms with Crippen LogP contribution >= 0.6 is 0 Å². The Morgan fingerprint density at radius 3 is 2.42 bits per heavy atom. The molecule has 0 saturated carbocycles. The van der Waals surface area contributed by atoms with E-state index in [1.807, 2.05) is 4.57 Å². The number of aromatic nitrogens is 2. The van der Waals surface area contributed by atoms with E-state index < -0.39 is 15.8 Å². The van der Waals surface area contributed by atoms with Crippen LogP contribution in [0, 0.1) is 12.7 Å².